The van der Waals surface area contributed by atoms with Gasteiger partial charge < -0.3 is 40.9 Å². The lowest BCUT2D eigenvalue weighted by atomic mass is 9.76. The van der Waals surface area contributed by atoms with Crippen molar-refractivity contribution in [3.8, 4) is 17.6 Å². The fourth-order valence-corrected chi connectivity index (χ4v) is 6.10. The second kappa shape index (κ2) is 29.2. The summed E-state index contributed by atoms with van der Waals surface area (Å²) >= 11 is 0. The number of aliphatic hydroxyl groups excluding tert-OH is 2. The van der Waals surface area contributed by atoms with Crippen molar-refractivity contribution in [3.63, 3.8) is 0 Å². The normalized spacial score (nSPS) is 14.1. The number of nitrogens with one attached hydrogen (secondary N) is 3. The van der Waals surface area contributed by atoms with E-state index >= 15 is 0 Å². The van der Waals surface area contributed by atoms with Gasteiger partial charge in [0, 0.05) is 65.1 Å². The van der Waals surface area contributed by atoms with E-state index in [0.29, 0.717) is 36.1 Å². The molecule has 2 saturated heterocycles. The number of rotatable bonds is 14. The molecule has 0 aliphatic carbocycles. The highest BCUT2D eigenvalue weighted by Gasteiger charge is 2.22. The van der Waals surface area contributed by atoms with Crippen LogP contribution in [0.1, 0.15) is 103 Å². The minimum absolute atomic E-state index is 0.160. The number of carbonyl (C=O) groups is 1. The molecule has 0 radical (unpaired) electrons. The van der Waals surface area contributed by atoms with Crippen molar-refractivity contribution in [2.24, 2.45) is 11.3 Å². The zero-order valence-electron chi connectivity index (χ0n) is 33.1. The maximum absolute atomic E-state index is 10.7. The van der Waals surface area contributed by atoms with E-state index in [1.165, 1.54) is 51.6 Å². The Hall–Kier alpha value is -3.36. The van der Waals surface area contributed by atoms with Crippen molar-refractivity contribution in [1.82, 2.24) is 16.0 Å². The molecule has 4 rings (SSSR count). The van der Waals surface area contributed by atoms with Gasteiger partial charge in [-0.05, 0) is 86.4 Å². The van der Waals surface area contributed by atoms with Crippen molar-refractivity contribution in [2.75, 3.05) is 64.9 Å². The molecule has 0 spiro atoms. The van der Waals surface area contributed by atoms with Gasteiger partial charge in [-0.25, -0.2) is 0 Å². The van der Waals surface area contributed by atoms with Crippen molar-refractivity contribution in [3.05, 3.63) is 53.1 Å². The summed E-state index contributed by atoms with van der Waals surface area (Å²) in [5.41, 5.74) is 4.03. The third-order valence-electron chi connectivity index (χ3n) is 9.03. The maximum Gasteiger partial charge on any atom is 0.207 e. The quantitative estimate of drug-likeness (QED) is 0.0975. The third-order valence-corrected chi connectivity index (χ3v) is 9.03. The van der Waals surface area contributed by atoms with E-state index in [4.69, 9.17) is 14.9 Å². The highest BCUT2D eigenvalue weighted by molar-refractivity contribution is 5.57. The van der Waals surface area contributed by atoms with Crippen LogP contribution in [-0.4, -0.2) is 87.9 Å². The molecule has 2 aromatic carbocycles. The Balaban J connectivity index is 0.00000102. The van der Waals surface area contributed by atoms with Crippen LogP contribution in [0.2, 0.25) is 0 Å². The van der Waals surface area contributed by atoms with Gasteiger partial charge in [0.2, 0.25) is 6.41 Å². The zero-order chi connectivity index (χ0) is 38.5. The first-order chi connectivity index (χ1) is 24.6. The molecular formula is C41H71N5O5. The summed E-state index contributed by atoms with van der Waals surface area (Å²) in [5.74, 6) is 1.80. The second-order valence-corrected chi connectivity index (χ2v) is 13.9. The molecule has 1 unspecified atom stereocenters. The zero-order valence-corrected chi connectivity index (χ0v) is 33.1. The van der Waals surface area contributed by atoms with Gasteiger partial charge in [0.15, 0.2) is 0 Å². The van der Waals surface area contributed by atoms with Gasteiger partial charge >= 0.3 is 0 Å². The summed E-state index contributed by atoms with van der Waals surface area (Å²) in [6.07, 6.45) is 10.9. The molecule has 6 N–H and O–H groups in total. The molecule has 1 atom stereocenters. The number of phenolic OH excluding ortho intramolecular Hbond substituents is 1. The minimum atomic E-state index is -0.160. The van der Waals surface area contributed by atoms with Crippen LogP contribution >= 0.6 is 0 Å². The summed E-state index contributed by atoms with van der Waals surface area (Å²) in [7, 11) is 2.00. The van der Waals surface area contributed by atoms with Crippen LogP contribution in [0.3, 0.4) is 0 Å². The molecule has 2 aliphatic heterocycles. The molecule has 10 nitrogen and oxygen atoms in total. The molecule has 0 aromatic heterocycles. The first-order valence-electron chi connectivity index (χ1n) is 18.8. The molecule has 290 valence electrons. The number of hydrogen-bond donors (Lipinski definition) is 6. The van der Waals surface area contributed by atoms with E-state index in [2.05, 4.69) is 61.5 Å². The van der Waals surface area contributed by atoms with Crippen LogP contribution in [0.15, 0.2) is 36.4 Å². The van der Waals surface area contributed by atoms with E-state index in [1.54, 1.807) is 6.07 Å². The number of phenols is 1. The minimum Gasteiger partial charge on any atom is -0.508 e. The second-order valence-electron chi connectivity index (χ2n) is 13.9. The van der Waals surface area contributed by atoms with Crippen molar-refractivity contribution >= 4 is 12.1 Å². The first kappa shape index (κ1) is 47.6. The first-order valence-corrected chi connectivity index (χ1v) is 18.8. The number of carbonyl (C=O) groups excluding carboxylic acids is 1. The number of ether oxygens (including phenoxy) is 1. The smallest absolute Gasteiger partial charge is 0.207 e. The van der Waals surface area contributed by atoms with Crippen LogP contribution in [0, 0.1) is 29.6 Å². The van der Waals surface area contributed by atoms with Crippen LogP contribution in [0.4, 0.5) is 5.69 Å². The topological polar surface area (TPSA) is 150 Å². The van der Waals surface area contributed by atoms with Crippen LogP contribution in [0.5, 0.6) is 11.5 Å². The number of nitrogens with zero attached hydrogens (tertiary/aromatic N) is 2. The Morgan fingerprint density at radius 2 is 1.53 bits per heavy atom. The largest absolute Gasteiger partial charge is 0.508 e. The van der Waals surface area contributed by atoms with E-state index in [9.17, 15) is 15.2 Å². The fraction of sp³-hybridized carbons (Fsp3) is 0.659. The predicted molar refractivity (Wildman–Crippen MR) is 212 cm³/mol. The molecule has 2 aromatic rings. The lowest BCUT2D eigenvalue weighted by molar-refractivity contribution is -0.109. The van der Waals surface area contributed by atoms with Gasteiger partial charge in [-0.15, -0.1) is 0 Å². The fourth-order valence-electron chi connectivity index (χ4n) is 6.10. The number of anilines is 1. The summed E-state index contributed by atoms with van der Waals surface area (Å²) < 4.78 is 6.32. The summed E-state index contributed by atoms with van der Waals surface area (Å²) in [6, 6.07) is 13.6. The highest BCUT2D eigenvalue weighted by atomic mass is 16.5. The lowest BCUT2D eigenvalue weighted by Gasteiger charge is -2.30. The van der Waals surface area contributed by atoms with E-state index in [0.717, 1.165) is 76.0 Å². The Kier molecular flexibility index (Phi) is 27.3. The van der Waals surface area contributed by atoms with Crippen LogP contribution in [0.25, 0.3) is 0 Å². The number of piperazine rings is 1. The lowest BCUT2D eigenvalue weighted by Crippen LogP contribution is -2.43. The Morgan fingerprint density at radius 1 is 0.922 bits per heavy atom. The van der Waals surface area contributed by atoms with Gasteiger partial charge in [0.05, 0.1) is 5.56 Å². The number of hydrogen-bond acceptors (Lipinski definition) is 9. The summed E-state index contributed by atoms with van der Waals surface area (Å²) in [6.45, 7) is 20.2. The number of nitriles is 1. The Bertz CT molecular complexity index is 1190. The standard InChI is InChI=1S/C24H30N4O3.C11H24.C4H9N.2CH4O/c1-18-14-19(3-7-23(18)30)2-6-22(8-9-27-17-29)31-24-15-21(5-4-20(24)16-25)28-12-10-26-11-13-28;1-6-8-10(9-7-2)11(3,4)5;1-2-4-5-3-1;2*1-2/h3-5,7,14-15,17,22,26,30H,2,6,8-13H2,1H3,(H,27,29);10H,6-9H2,1-5H3;5H,1-4H2;2*2H,1H3. The van der Waals surface area contributed by atoms with Gasteiger partial charge in [-0.1, -0.05) is 72.4 Å². The van der Waals surface area contributed by atoms with Crippen LogP contribution in [-0.2, 0) is 11.2 Å². The average molecular weight is 714 g/mol. The van der Waals surface area contributed by atoms with Gasteiger partial charge in [0.25, 0.3) is 0 Å². The summed E-state index contributed by atoms with van der Waals surface area (Å²) in [5, 5.41) is 42.6. The van der Waals surface area contributed by atoms with E-state index in [1.807, 2.05) is 37.3 Å². The molecule has 0 bridgehead atoms. The Labute approximate surface area is 310 Å². The summed E-state index contributed by atoms with van der Waals surface area (Å²) in [4.78, 5) is 13.0. The molecule has 0 saturated carbocycles. The molecule has 2 fully saturated rings. The van der Waals surface area contributed by atoms with Gasteiger partial charge in [0.1, 0.15) is 23.7 Å². The SMILES string of the molecule is C1CCNC1.CCCC(CCC)C(C)(C)C.CO.CO.Cc1cc(CCC(CCNC=O)Oc2cc(N3CCNCC3)ccc2C#N)ccc1O. The monoisotopic (exact) mass is 714 g/mol. The van der Waals surface area contributed by atoms with Crippen LogP contribution < -0.4 is 25.6 Å². The number of aromatic hydroxyl groups is 1. The van der Waals surface area contributed by atoms with Crippen molar-refractivity contribution in [2.45, 2.75) is 105 Å². The number of aliphatic hydroxyl groups is 2. The number of aryl methyl sites for hydroxylation is 2. The molecule has 10 heteroatoms. The van der Waals surface area contributed by atoms with E-state index in [-0.39, 0.29) is 11.9 Å². The molecule has 51 heavy (non-hydrogen) atoms. The third kappa shape index (κ3) is 20.3. The predicted octanol–water partition coefficient (Wildman–Crippen LogP) is 6.33. The number of amides is 1. The number of benzene rings is 2. The van der Waals surface area contributed by atoms with Crippen molar-refractivity contribution < 1.29 is 24.9 Å². The average Bonchev–Trinajstić information content (AvgIpc) is 3.75. The molecule has 2 heterocycles. The Morgan fingerprint density at radius 3 is 2.02 bits per heavy atom. The molecule has 1 amide bonds. The van der Waals surface area contributed by atoms with E-state index < -0.39 is 0 Å². The highest BCUT2D eigenvalue weighted by Crippen LogP contribution is 2.33. The van der Waals surface area contributed by atoms with Crippen molar-refractivity contribution in [1.29, 1.82) is 5.26 Å². The maximum atomic E-state index is 10.7. The molecule has 2 aliphatic rings. The molecular weight excluding hydrogens is 642 g/mol. The van der Waals surface area contributed by atoms with Gasteiger partial charge in [-0.2, -0.15) is 5.26 Å². The van der Waals surface area contributed by atoms with Gasteiger partial charge in [-0.3, -0.25) is 4.79 Å².